The van der Waals surface area contributed by atoms with Crippen LogP contribution >= 0.6 is 0 Å². The molecule has 187 valence electrons. The molecule has 0 aliphatic rings. The van der Waals surface area contributed by atoms with Gasteiger partial charge in [0.1, 0.15) is 0 Å². The fourth-order valence-corrected chi connectivity index (χ4v) is 2.63. The summed E-state index contributed by atoms with van der Waals surface area (Å²) in [5.41, 5.74) is 5.42. The Balaban J connectivity index is -0.000000134. The van der Waals surface area contributed by atoms with Crippen LogP contribution in [0.1, 0.15) is 33.3 Å². The average molecular weight is 798 g/mol. The SMILES string of the molecule is CC.CC.[CH2-]c1ccccc1-c1cccc[n+]1[CH2-].[CH3-].[CH3-].[Ir].[Y].[Y].c1ccc(-c2ccccn2)cc1. The van der Waals surface area contributed by atoms with Gasteiger partial charge in [-0.3, -0.25) is 4.98 Å². The molecular formula is C30H39IrN2Y2-3. The van der Waals surface area contributed by atoms with E-state index in [2.05, 4.69) is 37.2 Å². The first-order chi connectivity index (χ1) is 14.8. The molecule has 0 amide bonds. The monoisotopic (exact) mass is 798 g/mol. The van der Waals surface area contributed by atoms with Crippen LogP contribution in [-0.2, 0) is 85.5 Å². The Morgan fingerprint density at radius 2 is 1.17 bits per heavy atom. The van der Waals surface area contributed by atoms with Crippen LogP contribution in [-0.4, -0.2) is 4.98 Å². The summed E-state index contributed by atoms with van der Waals surface area (Å²) in [6.07, 6.45) is 3.74. The summed E-state index contributed by atoms with van der Waals surface area (Å²) in [5, 5.41) is 0. The van der Waals surface area contributed by atoms with Gasteiger partial charge < -0.3 is 19.4 Å². The Morgan fingerprint density at radius 3 is 1.69 bits per heavy atom. The zero-order valence-corrected chi connectivity index (χ0v) is 30.2. The van der Waals surface area contributed by atoms with Crippen LogP contribution in [0.2, 0.25) is 0 Å². The molecular weight excluding hydrogens is 758 g/mol. The fourth-order valence-electron chi connectivity index (χ4n) is 2.63. The Hall–Kier alpha value is -0.663. The van der Waals surface area contributed by atoms with E-state index in [1.54, 1.807) is 0 Å². The van der Waals surface area contributed by atoms with Gasteiger partial charge in [-0.1, -0.05) is 88.4 Å². The van der Waals surface area contributed by atoms with E-state index < -0.39 is 0 Å². The van der Waals surface area contributed by atoms with E-state index >= 15 is 0 Å². The van der Waals surface area contributed by atoms with Crippen molar-refractivity contribution >= 4 is 0 Å². The van der Waals surface area contributed by atoms with Crippen molar-refractivity contribution in [3.63, 3.8) is 0 Å². The van der Waals surface area contributed by atoms with E-state index in [0.717, 1.165) is 28.1 Å². The Morgan fingerprint density at radius 1 is 0.657 bits per heavy atom. The second kappa shape index (κ2) is 27.9. The van der Waals surface area contributed by atoms with Crippen molar-refractivity contribution in [1.82, 2.24) is 4.98 Å². The number of benzene rings is 2. The number of hydrogen-bond acceptors (Lipinski definition) is 1. The van der Waals surface area contributed by atoms with Gasteiger partial charge >= 0.3 is 0 Å². The Labute approximate surface area is 279 Å². The summed E-state index contributed by atoms with van der Waals surface area (Å²) < 4.78 is 1.85. The molecule has 0 atom stereocenters. The largest absolute Gasteiger partial charge is 0.358 e. The third kappa shape index (κ3) is 15.9. The third-order valence-electron chi connectivity index (χ3n) is 3.97. The van der Waals surface area contributed by atoms with Crippen LogP contribution in [0.3, 0.4) is 0 Å². The number of hydrogen-bond donors (Lipinski definition) is 0. The average Bonchev–Trinajstić information content (AvgIpc) is 2.84. The minimum Gasteiger partial charge on any atom is -0.358 e. The van der Waals surface area contributed by atoms with Gasteiger partial charge in [-0.15, -0.1) is 17.7 Å². The molecule has 0 spiro atoms. The molecule has 3 radical (unpaired) electrons. The van der Waals surface area contributed by atoms with Crippen molar-refractivity contribution in [3.05, 3.63) is 138 Å². The summed E-state index contributed by atoms with van der Waals surface area (Å²) in [5.74, 6) is 0. The molecule has 4 rings (SSSR count). The zero-order chi connectivity index (χ0) is 22.2. The molecule has 0 N–H and O–H groups in total. The van der Waals surface area contributed by atoms with Gasteiger partial charge in [-0.05, 0) is 12.1 Å². The molecule has 0 saturated heterocycles. The minimum absolute atomic E-state index is 0. The maximum atomic E-state index is 4.25. The van der Waals surface area contributed by atoms with Gasteiger partial charge in [-0.25, -0.2) is 0 Å². The van der Waals surface area contributed by atoms with Gasteiger partial charge in [0, 0.05) is 104 Å². The second-order valence-corrected chi connectivity index (χ2v) is 5.79. The van der Waals surface area contributed by atoms with Gasteiger partial charge in [0.25, 0.3) is 0 Å². The molecule has 35 heavy (non-hydrogen) atoms. The van der Waals surface area contributed by atoms with Crippen molar-refractivity contribution in [2.45, 2.75) is 27.7 Å². The molecule has 0 fully saturated rings. The molecule has 0 aliphatic heterocycles. The summed E-state index contributed by atoms with van der Waals surface area (Å²) in [6, 6.07) is 30.1. The quantitative estimate of drug-likeness (QED) is 0.148. The maximum Gasteiger partial charge on any atom is 0.0701 e. The smallest absolute Gasteiger partial charge is 0.0701 e. The molecule has 0 unspecified atom stereocenters. The normalized spacial score (nSPS) is 7.66. The van der Waals surface area contributed by atoms with Crippen LogP contribution < -0.4 is 4.57 Å². The summed E-state index contributed by atoms with van der Waals surface area (Å²) in [4.78, 5) is 4.25. The van der Waals surface area contributed by atoms with Crippen molar-refractivity contribution in [2.75, 3.05) is 0 Å². The summed E-state index contributed by atoms with van der Waals surface area (Å²) in [7, 11) is 3.93. The van der Waals surface area contributed by atoms with Crippen molar-refractivity contribution in [2.24, 2.45) is 0 Å². The third-order valence-corrected chi connectivity index (χ3v) is 3.97. The first-order valence-corrected chi connectivity index (χ1v) is 10.4. The molecule has 4 aromatic rings. The summed E-state index contributed by atoms with van der Waals surface area (Å²) >= 11 is 0. The summed E-state index contributed by atoms with van der Waals surface area (Å²) in [6.45, 7) is 12.0. The maximum absolute atomic E-state index is 4.25. The van der Waals surface area contributed by atoms with Crippen LogP contribution in [0.4, 0.5) is 0 Å². The fraction of sp³-hybridized carbons (Fsp3) is 0.133. The number of rotatable bonds is 2. The number of aromatic nitrogens is 2. The minimum atomic E-state index is 0. The first-order valence-electron chi connectivity index (χ1n) is 10.4. The van der Waals surface area contributed by atoms with Crippen LogP contribution in [0.15, 0.2) is 103 Å². The van der Waals surface area contributed by atoms with Crippen molar-refractivity contribution in [3.8, 4) is 22.5 Å². The van der Waals surface area contributed by atoms with E-state index in [1.807, 2.05) is 117 Å². The topological polar surface area (TPSA) is 16.8 Å². The predicted molar refractivity (Wildman–Crippen MR) is 142 cm³/mol. The van der Waals surface area contributed by atoms with Crippen LogP contribution in [0, 0.1) is 28.8 Å². The van der Waals surface area contributed by atoms with Crippen molar-refractivity contribution in [1.29, 1.82) is 0 Å². The van der Waals surface area contributed by atoms with E-state index in [1.165, 1.54) is 0 Å². The molecule has 5 heteroatoms. The molecule has 2 aromatic carbocycles. The van der Waals surface area contributed by atoms with E-state index in [-0.39, 0.29) is 100 Å². The number of nitrogens with zero attached hydrogens (tertiary/aromatic N) is 2. The van der Waals surface area contributed by atoms with E-state index in [9.17, 15) is 0 Å². The molecule has 2 heterocycles. The molecule has 0 bridgehead atoms. The number of pyridine rings is 2. The standard InChI is InChI=1S/C13H12N.C11H9N.2C2H6.2CH3.Ir.2Y/c1-11-7-3-4-8-12(11)13-9-5-6-10-14(13)2;1-2-6-10(7-3-1)11-8-4-5-9-12-11;2*1-2;;;;;/h3-10H,1-2H2;1-9H;2*1-2H3;2*1H3;;;/q-1;;;;2*-1;;;. The zero-order valence-electron chi connectivity index (χ0n) is 22.1. The van der Waals surface area contributed by atoms with E-state index in [4.69, 9.17) is 0 Å². The van der Waals surface area contributed by atoms with E-state index in [0.29, 0.717) is 0 Å². The molecule has 2 aromatic heterocycles. The van der Waals surface area contributed by atoms with Gasteiger partial charge in [0.15, 0.2) is 0 Å². The van der Waals surface area contributed by atoms with Gasteiger partial charge in [0.05, 0.1) is 17.6 Å². The molecule has 0 saturated carbocycles. The van der Waals surface area contributed by atoms with Crippen molar-refractivity contribution < 1.29 is 90.1 Å². The molecule has 0 aliphatic carbocycles. The van der Waals surface area contributed by atoms with Crippen LogP contribution in [0.5, 0.6) is 0 Å². The second-order valence-electron chi connectivity index (χ2n) is 5.79. The Bertz CT molecular complexity index is 885. The molecule has 2 nitrogen and oxygen atoms in total. The first kappa shape index (κ1) is 44.3. The van der Waals surface area contributed by atoms with Gasteiger partial charge in [-0.2, -0.15) is 18.6 Å². The van der Waals surface area contributed by atoms with Gasteiger partial charge in [0.2, 0.25) is 0 Å². The Kier molecular flexibility index (Phi) is 35.4. The van der Waals surface area contributed by atoms with Crippen LogP contribution in [0.25, 0.3) is 22.5 Å². The predicted octanol–water partition coefficient (Wildman–Crippen LogP) is 8.16.